The molecule has 40 heavy (non-hydrogen) atoms. The van der Waals surface area contributed by atoms with Crippen LogP contribution in [0.25, 0.3) is 0 Å². The van der Waals surface area contributed by atoms with Crippen molar-refractivity contribution in [2.24, 2.45) is 0 Å². The van der Waals surface area contributed by atoms with Crippen LogP contribution in [0, 0.1) is 0 Å². The van der Waals surface area contributed by atoms with Gasteiger partial charge in [-0.2, -0.15) is 0 Å². The normalized spacial score (nSPS) is 31.9. The second-order valence-corrected chi connectivity index (χ2v) is 12.1. The molecular formula is C28H36Cl2N2O8. The number of hydrogen-bond acceptors (Lipinski definition) is 8. The number of fused-ring (bicyclic) bond motifs is 3. The summed E-state index contributed by atoms with van der Waals surface area (Å²) in [4.78, 5) is 25.8. The van der Waals surface area contributed by atoms with Gasteiger partial charge < -0.3 is 28.4 Å². The highest BCUT2D eigenvalue weighted by Crippen LogP contribution is 2.50. The Kier molecular flexibility index (Phi) is 8.48. The van der Waals surface area contributed by atoms with E-state index in [1.165, 1.54) is 0 Å². The molecule has 10 nitrogen and oxygen atoms in total. The van der Waals surface area contributed by atoms with Crippen molar-refractivity contribution in [3.63, 3.8) is 0 Å². The second kappa shape index (κ2) is 11.9. The van der Waals surface area contributed by atoms with Crippen molar-refractivity contribution in [3.8, 4) is 5.75 Å². The number of hydrogen-bond donors (Lipinski definition) is 2. The van der Waals surface area contributed by atoms with Crippen LogP contribution in [0.1, 0.15) is 77.0 Å². The van der Waals surface area contributed by atoms with E-state index in [-0.39, 0.29) is 18.9 Å². The van der Waals surface area contributed by atoms with Crippen molar-refractivity contribution in [1.82, 2.24) is 10.9 Å². The average Bonchev–Trinajstić information content (AvgIpc) is 3.48. The first-order valence-corrected chi connectivity index (χ1v) is 15.1. The maximum absolute atomic E-state index is 13.3. The quantitative estimate of drug-likeness (QED) is 0.362. The molecule has 5 fully saturated rings. The van der Waals surface area contributed by atoms with Crippen molar-refractivity contribution >= 4 is 35.0 Å². The van der Waals surface area contributed by atoms with E-state index in [1.807, 2.05) is 0 Å². The molecule has 0 aromatic heterocycles. The Hall–Kier alpha value is -1.66. The first-order chi connectivity index (χ1) is 19.4. The smallest absolute Gasteiger partial charge is 0.270 e. The lowest BCUT2D eigenvalue weighted by molar-refractivity contribution is -0.247. The highest BCUT2D eigenvalue weighted by Gasteiger charge is 2.65. The molecule has 12 heteroatoms. The van der Waals surface area contributed by atoms with Gasteiger partial charge in [-0.05, 0) is 50.3 Å². The zero-order valence-electron chi connectivity index (χ0n) is 22.3. The molecule has 2 aliphatic carbocycles. The average molecular weight is 600 g/mol. The first-order valence-electron chi connectivity index (χ1n) is 14.4. The molecule has 1 aromatic carbocycles. The lowest BCUT2D eigenvalue weighted by Gasteiger charge is -2.36. The summed E-state index contributed by atoms with van der Waals surface area (Å²) in [5, 5.41) is 0.914. The van der Waals surface area contributed by atoms with Crippen molar-refractivity contribution < 1.29 is 38.0 Å². The van der Waals surface area contributed by atoms with Gasteiger partial charge in [-0.3, -0.25) is 20.4 Å². The number of ether oxygens (including phenoxy) is 6. The maximum atomic E-state index is 13.3. The molecule has 0 unspecified atom stereocenters. The SMILES string of the molecule is O=C(CCCOc1ccc(Cl)cc1Cl)NNC(=O)[C@@H]1O[C@H]2OC3(CCCCC3)O[C@H]2[C@H]2OC3(CCCCC3)O[C@H]21. The molecule has 6 rings (SSSR count). The largest absolute Gasteiger partial charge is 0.492 e. The zero-order valence-corrected chi connectivity index (χ0v) is 23.8. The van der Waals surface area contributed by atoms with Crippen LogP contribution in [0.5, 0.6) is 5.75 Å². The lowest BCUT2D eigenvalue weighted by atomic mass is 9.94. The Morgan fingerprint density at radius 3 is 2.20 bits per heavy atom. The van der Waals surface area contributed by atoms with Gasteiger partial charge in [0.25, 0.3) is 5.91 Å². The van der Waals surface area contributed by atoms with Crippen molar-refractivity contribution in [2.45, 2.75) is 119 Å². The molecule has 0 bridgehead atoms. The minimum atomic E-state index is -1.02. The van der Waals surface area contributed by atoms with Crippen molar-refractivity contribution in [3.05, 3.63) is 28.2 Å². The van der Waals surface area contributed by atoms with E-state index in [4.69, 9.17) is 51.6 Å². The predicted molar refractivity (Wildman–Crippen MR) is 143 cm³/mol. The number of rotatable bonds is 6. The number of amides is 2. The molecule has 2 amide bonds. The lowest BCUT2D eigenvalue weighted by Crippen LogP contribution is -2.61. The summed E-state index contributed by atoms with van der Waals surface area (Å²) < 4.78 is 37.6. The van der Waals surface area contributed by atoms with E-state index < -0.39 is 48.2 Å². The standard InChI is InChI=1S/C28H36Cl2N2O8/c29-17-9-10-19(18(30)16-17)35-15-7-8-20(33)31-32-25(34)23-21-22(38-27(37-21)11-3-1-4-12-27)24-26(36-23)40-28(39-24)13-5-2-6-14-28/h9-10,16,21-24,26H,1-8,11-15H2,(H,31,33)(H,32,34)/t21-,22+,23-,24+,26+/m1/s1. The van der Waals surface area contributed by atoms with E-state index >= 15 is 0 Å². The van der Waals surface area contributed by atoms with E-state index in [0.29, 0.717) is 22.2 Å². The van der Waals surface area contributed by atoms with E-state index in [0.717, 1.165) is 64.2 Å². The molecule has 5 aliphatic rings. The Labute approximate surface area is 243 Å². The van der Waals surface area contributed by atoms with Crippen molar-refractivity contribution in [2.75, 3.05) is 6.61 Å². The van der Waals surface area contributed by atoms with Crippen LogP contribution in [0.2, 0.25) is 10.0 Å². The number of nitrogens with one attached hydrogen (secondary N) is 2. The number of hydrazine groups is 1. The van der Waals surface area contributed by atoms with Gasteiger partial charge in [-0.15, -0.1) is 0 Å². The molecule has 1 aromatic rings. The summed E-state index contributed by atoms with van der Waals surface area (Å²) in [7, 11) is 0. The van der Waals surface area contributed by atoms with Crippen LogP contribution in [0.4, 0.5) is 0 Å². The summed E-state index contributed by atoms with van der Waals surface area (Å²) in [5.41, 5.74) is 4.99. The Morgan fingerprint density at radius 1 is 0.850 bits per heavy atom. The van der Waals surface area contributed by atoms with E-state index in [9.17, 15) is 9.59 Å². The molecule has 3 heterocycles. The summed E-state index contributed by atoms with van der Waals surface area (Å²) in [6.07, 6.45) is 6.53. The summed E-state index contributed by atoms with van der Waals surface area (Å²) >= 11 is 12.0. The second-order valence-electron chi connectivity index (χ2n) is 11.3. The van der Waals surface area contributed by atoms with E-state index in [2.05, 4.69) is 10.9 Å². The number of benzene rings is 1. The van der Waals surface area contributed by atoms with Crippen LogP contribution in [0.15, 0.2) is 18.2 Å². The Bertz CT molecular complexity index is 1090. The van der Waals surface area contributed by atoms with Gasteiger partial charge in [0.05, 0.1) is 11.6 Å². The highest BCUT2D eigenvalue weighted by molar-refractivity contribution is 6.35. The molecule has 5 atom stereocenters. The van der Waals surface area contributed by atoms with Gasteiger partial charge in [-0.25, -0.2) is 0 Å². The zero-order chi connectivity index (χ0) is 27.7. The number of carbonyl (C=O) groups is 2. The van der Waals surface area contributed by atoms with Crippen LogP contribution in [0.3, 0.4) is 0 Å². The van der Waals surface area contributed by atoms with Crippen LogP contribution in [-0.4, -0.2) is 60.7 Å². The highest BCUT2D eigenvalue weighted by atomic mass is 35.5. The van der Waals surface area contributed by atoms with Crippen LogP contribution >= 0.6 is 23.2 Å². The maximum Gasteiger partial charge on any atom is 0.270 e. The van der Waals surface area contributed by atoms with Crippen LogP contribution < -0.4 is 15.6 Å². The molecule has 2 N–H and O–H groups in total. The summed E-state index contributed by atoms with van der Waals surface area (Å²) in [5.74, 6) is -1.84. The van der Waals surface area contributed by atoms with Gasteiger partial charge in [0.1, 0.15) is 24.1 Å². The molecular weight excluding hydrogens is 563 g/mol. The third-order valence-corrected chi connectivity index (χ3v) is 8.92. The Balaban J connectivity index is 1.05. The molecule has 3 aliphatic heterocycles. The molecule has 2 spiro atoms. The fourth-order valence-corrected chi connectivity index (χ4v) is 6.90. The molecule has 2 saturated carbocycles. The van der Waals surface area contributed by atoms with E-state index in [1.54, 1.807) is 18.2 Å². The third kappa shape index (κ3) is 5.95. The van der Waals surface area contributed by atoms with Crippen molar-refractivity contribution in [1.29, 1.82) is 0 Å². The minimum Gasteiger partial charge on any atom is -0.492 e. The van der Waals surface area contributed by atoms with Gasteiger partial charge in [-0.1, -0.05) is 36.0 Å². The van der Waals surface area contributed by atoms with Gasteiger partial charge in [0, 0.05) is 37.1 Å². The summed E-state index contributed by atoms with van der Waals surface area (Å²) in [6, 6.07) is 4.94. The van der Waals surface area contributed by atoms with Gasteiger partial charge in [0.15, 0.2) is 24.0 Å². The molecule has 0 radical (unpaired) electrons. The fraction of sp³-hybridized carbons (Fsp3) is 0.714. The van der Waals surface area contributed by atoms with Gasteiger partial charge in [0.2, 0.25) is 5.91 Å². The fourth-order valence-electron chi connectivity index (χ4n) is 6.44. The number of carbonyl (C=O) groups excluding carboxylic acids is 2. The van der Waals surface area contributed by atoms with Gasteiger partial charge >= 0.3 is 0 Å². The first kappa shape index (κ1) is 28.5. The minimum absolute atomic E-state index is 0.135. The topological polar surface area (TPSA) is 114 Å². The number of halogens is 2. The predicted octanol–water partition coefficient (Wildman–Crippen LogP) is 4.54. The molecule has 220 valence electrons. The van der Waals surface area contributed by atoms with Crippen LogP contribution in [-0.2, 0) is 33.3 Å². The monoisotopic (exact) mass is 598 g/mol. The third-order valence-electron chi connectivity index (χ3n) is 8.39. The molecule has 3 saturated heterocycles. The Morgan fingerprint density at radius 2 is 1.50 bits per heavy atom. The summed E-state index contributed by atoms with van der Waals surface area (Å²) in [6.45, 7) is 0.271.